The minimum atomic E-state index is -4.17. The molecule has 25 heavy (non-hydrogen) atoms. The number of methoxy groups -OCH3 is 1. The van der Waals surface area contributed by atoms with Crippen LogP contribution >= 0.6 is 0 Å². The van der Waals surface area contributed by atoms with Crippen LogP contribution in [0.3, 0.4) is 0 Å². The molecule has 1 heterocycles. The number of nitrogens with one attached hydrogen (secondary N) is 1. The zero-order chi connectivity index (χ0) is 18.4. The summed E-state index contributed by atoms with van der Waals surface area (Å²) in [4.78, 5) is 2.30. The molecule has 0 aromatic heterocycles. The Balaban J connectivity index is 0.000000277. The van der Waals surface area contributed by atoms with Gasteiger partial charge in [0.1, 0.15) is 11.4 Å². The smallest absolute Gasteiger partial charge is 0.397 e. The van der Waals surface area contributed by atoms with E-state index in [1.165, 1.54) is 12.6 Å². The highest BCUT2D eigenvalue weighted by Gasteiger charge is 2.23. The minimum Gasteiger partial charge on any atom is -0.494 e. The highest BCUT2D eigenvalue weighted by atomic mass is 32.3. The molecule has 8 heteroatoms. The van der Waals surface area contributed by atoms with Crippen LogP contribution in [0.5, 0.6) is 5.75 Å². The predicted molar refractivity (Wildman–Crippen MR) is 98.6 cm³/mol. The predicted octanol–water partition coefficient (Wildman–Crippen LogP) is 3.74. The number of hydrogen-bond donors (Lipinski definition) is 2. The fourth-order valence-corrected chi connectivity index (χ4v) is 2.91. The van der Waals surface area contributed by atoms with Gasteiger partial charge in [0.15, 0.2) is 0 Å². The SMILES string of the molecule is CCN1c2ccccc2Nc2c(OC)cccc21.CCOS(=O)(=O)O. The third-order valence-electron chi connectivity index (χ3n) is 3.55. The average Bonchev–Trinajstić information content (AvgIpc) is 2.58. The summed E-state index contributed by atoms with van der Waals surface area (Å²) < 4.78 is 36.1. The number of benzene rings is 2. The van der Waals surface area contributed by atoms with Gasteiger partial charge in [-0.15, -0.1) is 0 Å². The molecule has 2 aromatic rings. The van der Waals surface area contributed by atoms with E-state index in [9.17, 15) is 8.42 Å². The Morgan fingerprint density at radius 1 is 1.08 bits per heavy atom. The molecule has 0 atom stereocenters. The Morgan fingerprint density at radius 2 is 1.76 bits per heavy atom. The summed E-state index contributed by atoms with van der Waals surface area (Å²) in [5, 5.41) is 3.46. The van der Waals surface area contributed by atoms with Crippen molar-refractivity contribution in [2.45, 2.75) is 13.8 Å². The van der Waals surface area contributed by atoms with E-state index < -0.39 is 10.4 Å². The van der Waals surface area contributed by atoms with Crippen LogP contribution in [-0.4, -0.2) is 33.2 Å². The van der Waals surface area contributed by atoms with Crippen LogP contribution in [0.4, 0.5) is 22.7 Å². The Labute approximate surface area is 148 Å². The molecular weight excluding hydrogens is 344 g/mol. The van der Waals surface area contributed by atoms with Gasteiger partial charge in [0, 0.05) is 6.54 Å². The molecule has 1 aliphatic heterocycles. The van der Waals surface area contributed by atoms with Crippen LogP contribution in [0.2, 0.25) is 0 Å². The number of hydrogen-bond acceptors (Lipinski definition) is 6. The molecule has 1 aliphatic rings. The van der Waals surface area contributed by atoms with Gasteiger partial charge in [-0.05, 0) is 38.1 Å². The molecule has 0 radical (unpaired) electrons. The van der Waals surface area contributed by atoms with Crippen molar-refractivity contribution in [3.05, 3.63) is 42.5 Å². The Bertz CT molecular complexity index is 824. The summed E-state index contributed by atoms with van der Waals surface area (Å²) in [6, 6.07) is 14.4. The maximum absolute atomic E-state index is 9.56. The van der Waals surface area contributed by atoms with Crippen molar-refractivity contribution in [3.8, 4) is 5.75 Å². The van der Waals surface area contributed by atoms with E-state index in [4.69, 9.17) is 9.29 Å². The highest BCUT2D eigenvalue weighted by molar-refractivity contribution is 7.80. The summed E-state index contributed by atoms with van der Waals surface area (Å²) in [5.41, 5.74) is 4.54. The van der Waals surface area contributed by atoms with Crippen LogP contribution in [0.25, 0.3) is 0 Å². The van der Waals surface area contributed by atoms with Gasteiger partial charge in [0.05, 0.1) is 30.8 Å². The quantitative estimate of drug-likeness (QED) is 0.797. The van der Waals surface area contributed by atoms with E-state index in [1.807, 2.05) is 18.2 Å². The van der Waals surface area contributed by atoms with Gasteiger partial charge in [0.25, 0.3) is 0 Å². The fourth-order valence-electron chi connectivity index (χ4n) is 2.61. The Morgan fingerprint density at radius 3 is 2.32 bits per heavy atom. The number of ether oxygens (including phenoxy) is 1. The van der Waals surface area contributed by atoms with Crippen LogP contribution < -0.4 is 15.0 Å². The van der Waals surface area contributed by atoms with Crippen LogP contribution in [-0.2, 0) is 14.6 Å². The standard InChI is InChI=1S/C15H16N2O.C2H6O4S/c1-3-17-12-8-5-4-7-11(12)16-15-13(17)9-6-10-14(15)18-2;1-2-6-7(3,4)5/h4-10,16H,3H2,1-2H3;2H2,1H3,(H,3,4,5). The number of anilines is 4. The maximum atomic E-state index is 9.56. The lowest BCUT2D eigenvalue weighted by Gasteiger charge is -2.33. The second-order valence-electron chi connectivity index (χ2n) is 5.08. The maximum Gasteiger partial charge on any atom is 0.397 e. The van der Waals surface area contributed by atoms with Gasteiger partial charge >= 0.3 is 10.4 Å². The summed E-state index contributed by atoms with van der Waals surface area (Å²) in [7, 11) is -2.47. The lowest BCUT2D eigenvalue weighted by Crippen LogP contribution is -2.22. The second-order valence-corrected chi connectivity index (χ2v) is 6.17. The molecule has 0 spiro atoms. The molecule has 3 rings (SSSR count). The van der Waals surface area contributed by atoms with Gasteiger partial charge in [0.2, 0.25) is 0 Å². The molecular formula is C17H22N2O5S. The zero-order valence-corrected chi connectivity index (χ0v) is 15.2. The molecule has 2 N–H and O–H groups in total. The monoisotopic (exact) mass is 366 g/mol. The molecule has 0 aliphatic carbocycles. The van der Waals surface area contributed by atoms with E-state index in [-0.39, 0.29) is 6.61 Å². The van der Waals surface area contributed by atoms with E-state index in [2.05, 4.69) is 45.6 Å². The van der Waals surface area contributed by atoms with E-state index in [0.717, 1.165) is 29.4 Å². The van der Waals surface area contributed by atoms with Crippen LogP contribution in [0, 0.1) is 0 Å². The lowest BCUT2D eigenvalue weighted by molar-refractivity contribution is 0.283. The lowest BCUT2D eigenvalue weighted by atomic mass is 10.1. The van der Waals surface area contributed by atoms with Crippen molar-refractivity contribution in [3.63, 3.8) is 0 Å². The van der Waals surface area contributed by atoms with Gasteiger partial charge < -0.3 is 15.0 Å². The summed E-state index contributed by atoms with van der Waals surface area (Å²) in [6.45, 7) is 4.52. The molecule has 0 bridgehead atoms. The highest BCUT2D eigenvalue weighted by Crippen LogP contribution is 2.47. The van der Waals surface area contributed by atoms with Gasteiger partial charge in [-0.3, -0.25) is 4.55 Å². The van der Waals surface area contributed by atoms with Gasteiger partial charge in [-0.2, -0.15) is 8.42 Å². The topological polar surface area (TPSA) is 88.1 Å². The summed E-state index contributed by atoms with van der Waals surface area (Å²) in [5.74, 6) is 0.875. The second kappa shape index (κ2) is 8.19. The summed E-state index contributed by atoms with van der Waals surface area (Å²) >= 11 is 0. The first-order valence-corrected chi connectivity index (χ1v) is 9.20. The Kier molecular flexibility index (Phi) is 6.24. The first-order valence-electron chi connectivity index (χ1n) is 7.83. The number of rotatable bonds is 4. The first-order chi connectivity index (χ1) is 11.9. The molecule has 0 saturated heterocycles. The molecule has 2 aromatic carbocycles. The summed E-state index contributed by atoms with van der Waals surface area (Å²) in [6.07, 6.45) is 0. The largest absolute Gasteiger partial charge is 0.494 e. The van der Waals surface area contributed by atoms with Crippen LogP contribution in [0.15, 0.2) is 42.5 Å². The van der Waals surface area contributed by atoms with Gasteiger partial charge in [-0.25, -0.2) is 4.18 Å². The number of para-hydroxylation sites is 3. The molecule has 0 saturated carbocycles. The van der Waals surface area contributed by atoms with E-state index in [0.29, 0.717) is 0 Å². The van der Waals surface area contributed by atoms with Crippen molar-refractivity contribution in [2.24, 2.45) is 0 Å². The molecule has 7 nitrogen and oxygen atoms in total. The molecule has 0 amide bonds. The minimum absolute atomic E-state index is 0.0289. The van der Waals surface area contributed by atoms with Crippen molar-refractivity contribution in [1.29, 1.82) is 0 Å². The van der Waals surface area contributed by atoms with Crippen molar-refractivity contribution >= 4 is 33.1 Å². The van der Waals surface area contributed by atoms with Crippen LogP contribution in [0.1, 0.15) is 13.8 Å². The third-order valence-corrected chi connectivity index (χ3v) is 4.09. The zero-order valence-electron chi connectivity index (χ0n) is 14.4. The van der Waals surface area contributed by atoms with Gasteiger partial charge in [-0.1, -0.05) is 18.2 Å². The molecule has 0 fully saturated rings. The Hall–Kier alpha value is -2.29. The number of nitrogens with zero attached hydrogens (tertiary/aromatic N) is 1. The third kappa shape index (κ3) is 4.62. The van der Waals surface area contributed by atoms with Crippen molar-refractivity contribution in [1.82, 2.24) is 0 Å². The normalized spacial score (nSPS) is 12.2. The fraction of sp³-hybridized carbons (Fsp3) is 0.294. The van der Waals surface area contributed by atoms with E-state index in [1.54, 1.807) is 7.11 Å². The van der Waals surface area contributed by atoms with Crippen molar-refractivity contribution in [2.75, 3.05) is 30.5 Å². The number of fused-ring (bicyclic) bond motifs is 2. The first kappa shape index (κ1) is 19.0. The van der Waals surface area contributed by atoms with Crippen molar-refractivity contribution < 1.29 is 21.9 Å². The van der Waals surface area contributed by atoms with E-state index >= 15 is 0 Å². The molecule has 136 valence electrons. The average molecular weight is 366 g/mol. The molecule has 0 unspecified atom stereocenters.